The summed E-state index contributed by atoms with van der Waals surface area (Å²) >= 11 is 0. The topological polar surface area (TPSA) is 104 Å². The van der Waals surface area contributed by atoms with E-state index in [1.807, 2.05) is 0 Å². The second-order valence-electron chi connectivity index (χ2n) is 2.72. The first kappa shape index (κ1) is 5.97. The molecular formula is C10H13NO4. The van der Waals surface area contributed by atoms with E-state index in [0.29, 0.717) is 0 Å². The highest BCUT2D eigenvalue weighted by molar-refractivity contribution is 5.73. The minimum Gasteiger partial charge on any atom is -0.504 e. The maximum absolute atomic E-state index is 10.8. The quantitative estimate of drug-likeness (QED) is 0.547. The van der Waals surface area contributed by atoms with Gasteiger partial charge in [0.25, 0.3) is 0 Å². The van der Waals surface area contributed by atoms with E-state index in [-0.39, 0.29) is 5.56 Å². The van der Waals surface area contributed by atoms with Crippen molar-refractivity contribution in [2.45, 2.75) is 18.8 Å². The molecular weight excluding hydrogens is 198 g/mol. The highest BCUT2D eigenvalue weighted by Crippen LogP contribution is 2.25. The number of carbonyl (C=O) groups is 1. The number of carboxylic acids is 1. The Bertz CT molecular complexity index is 534. The van der Waals surface area contributed by atoms with Gasteiger partial charge in [0.1, 0.15) is 6.02 Å². The SMILES string of the molecule is [2H]c1c([2H])c(CC([2H])C([2H])(N)C(=O)O)c([2H])c(O)c1O. The molecule has 1 aromatic carbocycles. The van der Waals surface area contributed by atoms with Crippen LogP contribution in [-0.4, -0.2) is 27.3 Å². The summed E-state index contributed by atoms with van der Waals surface area (Å²) in [4.78, 5) is 10.8. The number of phenols is 2. The van der Waals surface area contributed by atoms with Gasteiger partial charge in [0.05, 0.1) is 5.48 Å². The fraction of sp³-hybridized carbons (Fsp3) is 0.300. The molecule has 0 saturated carbocycles. The third-order valence-electron chi connectivity index (χ3n) is 1.60. The third-order valence-corrected chi connectivity index (χ3v) is 1.60. The van der Waals surface area contributed by atoms with Gasteiger partial charge in [-0.1, -0.05) is 6.04 Å². The smallest absolute Gasteiger partial charge is 0.320 e. The second-order valence-corrected chi connectivity index (χ2v) is 2.72. The lowest BCUT2D eigenvalue weighted by molar-refractivity contribution is -0.138. The van der Waals surface area contributed by atoms with Gasteiger partial charge in [0.2, 0.25) is 0 Å². The molecule has 0 fully saturated rings. The number of aromatic hydroxyl groups is 2. The van der Waals surface area contributed by atoms with Gasteiger partial charge < -0.3 is 21.1 Å². The monoisotopic (exact) mass is 216 g/mol. The standard InChI is InChI=1S/C10H13NO4/c11-7(10(14)15)3-1-6-2-4-8(12)9(13)5-6/h2,4-5,7,12-13H,1,3,11H2,(H,14,15)/i2D,3D,4D,5D,7D. The fourth-order valence-electron chi connectivity index (χ4n) is 0.829. The molecule has 0 bridgehead atoms. The van der Waals surface area contributed by atoms with E-state index in [0.717, 1.165) is 0 Å². The van der Waals surface area contributed by atoms with E-state index in [1.54, 1.807) is 0 Å². The maximum Gasteiger partial charge on any atom is 0.320 e. The molecule has 0 aliphatic heterocycles. The lowest BCUT2D eigenvalue weighted by Crippen LogP contribution is -2.30. The highest BCUT2D eigenvalue weighted by Gasteiger charge is 2.11. The van der Waals surface area contributed by atoms with Crippen molar-refractivity contribution in [1.29, 1.82) is 0 Å². The Balaban J connectivity index is 3.27. The first-order valence-corrected chi connectivity index (χ1v) is 3.96. The zero-order valence-electron chi connectivity index (χ0n) is 12.6. The Labute approximate surface area is 93.8 Å². The van der Waals surface area contributed by atoms with Crippen LogP contribution >= 0.6 is 0 Å². The summed E-state index contributed by atoms with van der Waals surface area (Å²) in [7, 11) is 0. The summed E-state index contributed by atoms with van der Waals surface area (Å²) in [6.45, 7) is 0. The van der Waals surface area contributed by atoms with Crippen LogP contribution < -0.4 is 5.73 Å². The molecule has 0 heterocycles. The van der Waals surface area contributed by atoms with E-state index in [4.69, 9.17) is 17.7 Å². The first-order valence-electron chi connectivity index (χ1n) is 6.54. The molecule has 82 valence electrons. The number of aliphatic carboxylic acids is 1. The fourth-order valence-corrected chi connectivity index (χ4v) is 0.829. The lowest BCUT2D eigenvalue weighted by Gasteiger charge is -2.06. The van der Waals surface area contributed by atoms with Crippen LogP contribution in [0.3, 0.4) is 0 Å². The predicted octanol–water partition coefficient (Wildman–Crippen LogP) is 0.442. The van der Waals surface area contributed by atoms with Crippen molar-refractivity contribution < 1.29 is 27.0 Å². The van der Waals surface area contributed by atoms with Gasteiger partial charge in [-0.25, -0.2) is 0 Å². The molecule has 15 heavy (non-hydrogen) atoms. The Kier molecular flexibility index (Phi) is 1.85. The van der Waals surface area contributed by atoms with Crippen LogP contribution in [0.25, 0.3) is 0 Å². The molecule has 0 spiro atoms. The third kappa shape index (κ3) is 3.14. The van der Waals surface area contributed by atoms with Gasteiger partial charge in [0.15, 0.2) is 11.5 Å². The number of nitrogens with two attached hydrogens (primary N) is 1. The molecule has 5 heteroatoms. The highest BCUT2D eigenvalue weighted by atomic mass is 16.4. The Morgan fingerprint density at radius 3 is 2.87 bits per heavy atom. The first-order chi connectivity index (χ1) is 9.01. The van der Waals surface area contributed by atoms with Crippen LogP contribution in [0.2, 0.25) is 0 Å². The van der Waals surface area contributed by atoms with Crippen LogP contribution in [0, 0.1) is 0 Å². The van der Waals surface area contributed by atoms with Crippen LogP contribution in [0.15, 0.2) is 18.1 Å². The molecule has 2 atom stereocenters. The maximum atomic E-state index is 10.8. The van der Waals surface area contributed by atoms with Gasteiger partial charge in [-0.15, -0.1) is 0 Å². The summed E-state index contributed by atoms with van der Waals surface area (Å²) in [6.07, 6.45) is -2.32. The molecule has 0 amide bonds. The van der Waals surface area contributed by atoms with Crippen LogP contribution in [-0.2, 0) is 11.2 Å². The minimum absolute atomic E-state index is 0.325. The molecule has 1 rings (SSSR count). The van der Waals surface area contributed by atoms with Crippen molar-refractivity contribution in [3.63, 3.8) is 0 Å². The molecule has 0 saturated heterocycles. The molecule has 2 unspecified atom stereocenters. The Morgan fingerprint density at radius 2 is 2.27 bits per heavy atom. The van der Waals surface area contributed by atoms with Crippen molar-refractivity contribution in [1.82, 2.24) is 0 Å². The average Bonchev–Trinajstić information content (AvgIpc) is 2.38. The van der Waals surface area contributed by atoms with E-state index in [2.05, 4.69) is 0 Å². The van der Waals surface area contributed by atoms with E-state index >= 15 is 0 Å². The predicted molar refractivity (Wildman–Crippen MR) is 53.7 cm³/mol. The molecule has 5 nitrogen and oxygen atoms in total. The van der Waals surface area contributed by atoms with Crippen molar-refractivity contribution >= 4 is 5.97 Å². The molecule has 0 radical (unpaired) electrons. The molecule has 1 aromatic rings. The van der Waals surface area contributed by atoms with Gasteiger partial charge in [-0.05, 0) is 30.5 Å². The normalized spacial score (nSPS) is 21.3. The lowest BCUT2D eigenvalue weighted by atomic mass is 10.1. The zero-order chi connectivity index (χ0) is 15.8. The number of hydrogen-bond donors (Lipinski definition) is 4. The number of carboxylic acid groups (broad SMARTS) is 1. The second kappa shape index (κ2) is 4.65. The Morgan fingerprint density at radius 1 is 1.60 bits per heavy atom. The molecule has 0 aromatic heterocycles. The van der Waals surface area contributed by atoms with E-state index in [9.17, 15) is 15.0 Å². The molecule has 5 N–H and O–H groups in total. The van der Waals surface area contributed by atoms with E-state index < -0.39 is 54.4 Å². The van der Waals surface area contributed by atoms with Crippen molar-refractivity contribution in [3.8, 4) is 11.5 Å². The number of benzene rings is 1. The Hall–Kier alpha value is -1.75. The number of rotatable bonds is 4. The minimum atomic E-state index is -2.66. The van der Waals surface area contributed by atoms with Gasteiger partial charge in [-0.3, -0.25) is 4.79 Å². The van der Waals surface area contributed by atoms with Gasteiger partial charge >= 0.3 is 5.97 Å². The summed E-state index contributed by atoms with van der Waals surface area (Å²) < 4.78 is 37.4. The van der Waals surface area contributed by atoms with Crippen LogP contribution in [0.5, 0.6) is 11.5 Å². The van der Waals surface area contributed by atoms with Crippen molar-refractivity contribution in [3.05, 3.63) is 23.7 Å². The molecule has 0 aliphatic carbocycles. The molecule has 0 aliphatic rings. The van der Waals surface area contributed by atoms with Crippen molar-refractivity contribution in [2.24, 2.45) is 5.73 Å². The summed E-state index contributed by atoms with van der Waals surface area (Å²) in [5, 5.41) is 27.4. The van der Waals surface area contributed by atoms with Crippen LogP contribution in [0.4, 0.5) is 0 Å². The summed E-state index contributed by atoms with van der Waals surface area (Å²) in [5.74, 6) is -3.62. The van der Waals surface area contributed by atoms with Crippen LogP contribution in [0.1, 0.15) is 18.8 Å². The van der Waals surface area contributed by atoms with E-state index in [1.165, 1.54) is 0 Å². The van der Waals surface area contributed by atoms with Gasteiger partial charge in [-0.2, -0.15) is 0 Å². The number of hydrogen-bond acceptors (Lipinski definition) is 4. The number of phenolic OH excluding ortho intramolecular Hbond substituents is 2. The van der Waals surface area contributed by atoms with Gasteiger partial charge in [0, 0.05) is 1.37 Å². The van der Waals surface area contributed by atoms with Crippen molar-refractivity contribution in [2.75, 3.05) is 0 Å². The average molecular weight is 216 g/mol. The zero-order valence-corrected chi connectivity index (χ0v) is 7.61. The largest absolute Gasteiger partial charge is 0.504 e. The summed E-state index contributed by atoms with van der Waals surface area (Å²) in [5.41, 5.74) is 4.83. The summed E-state index contributed by atoms with van der Waals surface area (Å²) in [6, 6.07) is -4.72.